The molecule has 0 amide bonds. The number of rotatable bonds is 6. The van der Waals surface area contributed by atoms with Gasteiger partial charge in [0.15, 0.2) is 0 Å². The molecule has 0 unspecified atom stereocenters. The molecule has 0 saturated heterocycles. The maximum Gasteiger partial charge on any atom is 0.278 e. The summed E-state index contributed by atoms with van der Waals surface area (Å²) in [4.78, 5) is 22.0. The van der Waals surface area contributed by atoms with Crippen LogP contribution in [0.2, 0.25) is 0 Å². The summed E-state index contributed by atoms with van der Waals surface area (Å²) in [5, 5.41) is 25.3. The monoisotopic (exact) mass is 364 g/mol. The van der Waals surface area contributed by atoms with Crippen molar-refractivity contribution in [2.24, 2.45) is 5.10 Å². The van der Waals surface area contributed by atoms with Crippen molar-refractivity contribution in [1.82, 2.24) is 4.83 Å². The van der Waals surface area contributed by atoms with Crippen molar-refractivity contribution in [1.29, 1.82) is 0 Å². The van der Waals surface area contributed by atoms with Gasteiger partial charge in [-0.2, -0.15) is 13.5 Å². The lowest BCUT2D eigenvalue weighted by atomic mass is 10.2. The molecule has 2 aromatic rings. The Morgan fingerprint density at radius 1 is 1.04 bits per heavy atom. The van der Waals surface area contributed by atoms with Crippen molar-refractivity contribution in [3.8, 4) is 0 Å². The van der Waals surface area contributed by atoms with Gasteiger partial charge < -0.3 is 0 Å². The fourth-order valence-corrected chi connectivity index (χ4v) is 2.74. The summed E-state index contributed by atoms with van der Waals surface area (Å²) >= 11 is 0. The average Bonchev–Trinajstić information content (AvgIpc) is 2.55. The summed E-state index contributed by atoms with van der Waals surface area (Å²) in [6.45, 7) is 1.48. The van der Waals surface area contributed by atoms with Crippen LogP contribution in [-0.4, -0.2) is 24.5 Å². The average molecular weight is 364 g/mol. The van der Waals surface area contributed by atoms with E-state index in [1.807, 2.05) is 4.83 Å². The largest absolute Gasteiger partial charge is 0.278 e. The summed E-state index contributed by atoms with van der Waals surface area (Å²) < 4.78 is 24.3. The molecule has 2 aromatic carbocycles. The first-order valence-electron chi connectivity index (χ1n) is 6.75. The fraction of sp³-hybridized carbons (Fsp3) is 0.0714. The maximum atomic E-state index is 12.1. The Morgan fingerprint density at radius 3 is 2.32 bits per heavy atom. The Kier molecular flexibility index (Phi) is 5.08. The van der Waals surface area contributed by atoms with E-state index in [2.05, 4.69) is 5.10 Å². The minimum absolute atomic E-state index is 0.102. The van der Waals surface area contributed by atoms with Crippen LogP contribution >= 0.6 is 0 Å². The van der Waals surface area contributed by atoms with E-state index in [1.54, 1.807) is 0 Å². The molecule has 25 heavy (non-hydrogen) atoms. The van der Waals surface area contributed by atoms with Gasteiger partial charge >= 0.3 is 0 Å². The van der Waals surface area contributed by atoms with Crippen molar-refractivity contribution in [2.75, 3.05) is 0 Å². The summed E-state index contributed by atoms with van der Waals surface area (Å²) in [5.74, 6) is 0. The minimum Gasteiger partial charge on any atom is -0.258 e. The standard InChI is InChI=1S/C14H12N4O6S/c1-10-6-7-12(8-14(10)18(21)22)25(23,24)16-15-9-11-4-2-3-5-13(11)17(19)20/h2-9,16H,1H3/b15-9+. The highest BCUT2D eigenvalue weighted by molar-refractivity contribution is 7.89. The molecule has 0 aromatic heterocycles. The molecule has 0 heterocycles. The molecule has 0 spiro atoms. The van der Waals surface area contributed by atoms with E-state index in [-0.39, 0.29) is 21.8 Å². The van der Waals surface area contributed by atoms with Gasteiger partial charge in [0.1, 0.15) is 0 Å². The maximum absolute atomic E-state index is 12.1. The van der Waals surface area contributed by atoms with Crippen molar-refractivity contribution >= 4 is 27.6 Å². The van der Waals surface area contributed by atoms with Gasteiger partial charge in [-0.25, -0.2) is 4.83 Å². The lowest BCUT2D eigenvalue weighted by molar-refractivity contribution is -0.385. The number of nitrogens with one attached hydrogen (secondary N) is 1. The van der Waals surface area contributed by atoms with Gasteiger partial charge in [0.05, 0.1) is 26.5 Å². The molecule has 0 saturated carbocycles. The molecule has 10 nitrogen and oxygen atoms in total. The van der Waals surface area contributed by atoms with E-state index in [1.165, 1.54) is 43.3 Å². The molecule has 0 fully saturated rings. The van der Waals surface area contributed by atoms with Crippen LogP contribution in [0.1, 0.15) is 11.1 Å². The van der Waals surface area contributed by atoms with Gasteiger partial charge in [0.2, 0.25) is 0 Å². The summed E-state index contributed by atoms with van der Waals surface area (Å²) in [6.07, 6.45) is 0.984. The molecule has 11 heteroatoms. The molecule has 2 rings (SSSR count). The third-order valence-corrected chi connectivity index (χ3v) is 4.42. The quantitative estimate of drug-likeness (QED) is 0.472. The fourth-order valence-electron chi connectivity index (χ4n) is 1.93. The van der Waals surface area contributed by atoms with Crippen LogP contribution in [0.15, 0.2) is 52.5 Å². The van der Waals surface area contributed by atoms with Crippen LogP contribution in [0, 0.1) is 27.2 Å². The molecule has 0 aliphatic rings. The van der Waals surface area contributed by atoms with Gasteiger partial charge in [0, 0.05) is 17.7 Å². The number of para-hydroxylation sites is 1. The first-order chi connectivity index (χ1) is 11.7. The van der Waals surface area contributed by atoms with E-state index >= 15 is 0 Å². The van der Waals surface area contributed by atoms with Crippen LogP contribution in [-0.2, 0) is 10.0 Å². The molecule has 0 bridgehead atoms. The third kappa shape index (κ3) is 4.14. The number of hydrogen-bond acceptors (Lipinski definition) is 7. The van der Waals surface area contributed by atoms with Crippen LogP contribution in [0.25, 0.3) is 0 Å². The molecular formula is C14H12N4O6S. The van der Waals surface area contributed by atoms with Gasteiger partial charge in [-0.1, -0.05) is 18.2 Å². The first kappa shape index (κ1) is 18.0. The second-order valence-corrected chi connectivity index (χ2v) is 6.54. The van der Waals surface area contributed by atoms with E-state index in [0.29, 0.717) is 5.56 Å². The van der Waals surface area contributed by atoms with E-state index in [9.17, 15) is 28.6 Å². The number of nitrogens with zero attached hydrogens (tertiary/aromatic N) is 3. The lowest BCUT2D eigenvalue weighted by Gasteiger charge is -2.04. The van der Waals surface area contributed by atoms with Gasteiger partial charge in [0.25, 0.3) is 21.4 Å². The Labute approximate surface area is 142 Å². The highest BCUT2D eigenvalue weighted by Gasteiger charge is 2.19. The molecule has 0 radical (unpaired) electrons. The van der Waals surface area contributed by atoms with Crippen molar-refractivity contribution in [3.63, 3.8) is 0 Å². The Bertz CT molecular complexity index is 971. The van der Waals surface area contributed by atoms with Crippen molar-refractivity contribution in [3.05, 3.63) is 73.8 Å². The molecular weight excluding hydrogens is 352 g/mol. The van der Waals surface area contributed by atoms with E-state index < -0.39 is 19.9 Å². The third-order valence-electron chi connectivity index (χ3n) is 3.20. The lowest BCUT2D eigenvalue weighted by Crippen LogP contribution is -2.18. The highest BCUT2D eigenvalue weighted by atomic mass is 32.2. The summed E-state index contributed by atoms with van der Waals surface area (Å²) in [5.41, 5.74) is -0.167. The number of aryl methyl sites for hydroxylation is 1. The topological polar surface area (TPSA) is 145 Å². The van der Waals surface area contributed by atoms with Crippen LogP contribution < -0.4 is 4.83 Å². The Morgan fingerprint density at radius 2 is 1.68 bits per heavy atom. The molecule has 0 aliphatic heterocycles. The smallest absolute Gasteiger partial charge is 0.258 e. The van der Waals surface area contributed by atoms with Crippen LogP contribution in [0.4, 0.5) is 11.4 Å². The zero-order valence-electron chi connectivity index (χ0n) is 12.8. The first-order valence-corrected chi connectivity index (χ1v) is 8.24. The SMILES string of the molecule is Cc1ccc(S(=O)(=O)N/N=C/c2ccccc2[N+](=O)[O-])cc1[N+](=O)[O-]. The van der Waals surface area contributed by atoms with Gasteiger partial charge in [-0.05, 0) is 19.1 Å². The minimum atomic E-state index is -4.16. The number of nitro benzene ring substituents is 2. The van der Waals surface area contributed by atoms with Crippen LogP contribution in [0.5, 0.6) is 0 Å². The molecule has 0 atom stereocenters. The zero-order valence-corrected chi connectivity index (χ0v) is 13.6. The summed E-state index contributed by atoms with van der Waals surface area (Å²) in [7, 11) is -4.16. The molecule has 0 aliphatic carbocycles. The normalized spacial score (nSPS) is 11.4. The predicted molar refractivity (Wildman–Crippen MR) is 88.8 cm³/mol. The van der Waals surface area contributed by atoms with Crippen molar-refractivity contribution in [2.45, 2.75) is 11.8 Å². The number of benzene rings is 2. The molecule has 130 valence electrons. The molecule has 1 N–H and O–H groups in total. The van der Waals surface area contributed by atoms with E-state index in [0.717, 1.165) is 12.3 Å². The van der Waals surface area contributed by atoms with Gasteiger partial charge in [-0.15, -0.1) is 0 Å². The number of hydrazone groups is 1. The Balaban J connectivity index is 2.27. The van der Waals surface area contributed by atoms with Crippen LogP contribution in [0.3, 0.4) is 0 Å². The number of sulfonamides is 1. The number of hydrogen-bond donors (Lipinski definition) is 1. The Hall–Kier alpha value is -3.34. The summed E-state index contributed by atoms with van der Waals surface area (Å²) in [6, 6.07) is 9.06. The second-order valence-electron chi connectivity index (χ2n) is 4.87. The highest BCUT2D eigenvalue weighted by Crippen LogP contribution is 2.22. The number of nitro groups is 2. The van der Waals surface area contributed by atoms with Crippen molar-refractivity contribution < 1.29 is 18.3 Å². The zero-order chi connectivity index (χ0) is 18.6. The second kappa shape index (κ2) is 7.05. The van der Waals surface area contributed by atoms with Gasteiger partial charge in [-0.3, -0.25) is 20.2 Å². The predicted octanol–water partition coefficient (Wildman–Crippen LogP) is 2.12. The van der Waals surface area contributed by atoms with E-state index in [4.69, 9.17) is 0 Å².